The molecule has 0 atom stereocenters. The first-order valence-electron chi connectivity index (χ1n) is 8.36. The van der Waals surface area contributed by atoms with E-state index in [4.69, 9.17) is 9.47 Å². The van der Waals surface area contributed by atoms with Crippen molar-refractivity contribution in [1.29, 1.82) is 0 Å². The maximum Gasteiger partial charge on any atom is 0.407 e. The number of pyridine rings is 1. The molecule has 0 spiro atoms. The number of aryl methyl sites for hydroxylation is 1. The van der Waals surface area contributed by atoms with Crippen LogP contribution in [0.15, 0.2) is 30.7 Å². The Labute approximate surface area is 146 Å². The van der Waals surface area contributed by atoms with Crippen LogP contribution in [0.3, 0.4) is 0 Å². The molecule has 1 aliphatic heterocycles. The van der Waals surface area contributed by atoms with Gasteiger partial charge in [0, 0.05) is 51.2 Å². The van der Waals surface area contributed by atoms with Crippen LogP contribution in [0.4, 0.5) is 4.79 Å². The number of morpholine rings is 1. The average Bonchev–Trinajstić information content (AvgIpc) is 3.07. The summed E-state index contributed by atoms with van der Waals surface area (Å²) >= 11 is 0. The number of ether oxygens (including phenoxy) is 2. The molecule has 0 bridgehead atoms. The number of aromatic nitrogens is 3. The second kappa shape index (κ2) is 8.59. The van der Waals surface area contributed by atoms with Gasteiger partial charge < -0.3 is 14.8 Å². The summed E-state index contributed by atoms with van der Waals surface area (Å²) in [5.41, 5.74) is 2.64. The minimum atomic E-state index is -0.422. The highest BCUT2D eigenvalue weighted by Gasteiger charge is 2.12. The van der Waals surface area contributed by atoms with Crippen molar-refractivity contribution >= 4 is 6.09 Å². The predicted octanol–water partition coefficient (Wildman–Crippen LogP) is 1.04. The molecule has 0 radical (unpaired) electrons. The van der Waals surface area contributed by atoms with Crippen LogP contribution in [0.2, 0.25) is 0 Å². The molecule has 1 fully saturated rings. The Morgan fingerprint density at radius 1 is 1.40 bits per heavy atom. The Morgan fingerprint density at radius 2 is 2.24 bits per heavy atom. The van der Waals surface area contributed by atoms with E-state index >= 15 is 0 Å². The summed E-state index contributed by atoms with van der Waals surface area (Å²) in [4.78, 5) is 18.5. The molecule has 1 amide bonds. The van der Waals surface area contributed by atoms with E-state index in [2.05, 4.69) is 20.3 Å². The van der Waals surface area contributed by atoms with Crippen LogP contribution in [0.25, 0.3) is 11.3 Å². The molecule has 0 aromatic carbocycles. The Balaban J connectivity index is 1.47. The van der Waals surface area contributed by atoms with Crippen LogP contribution in [-0.2, 0) is 23.1 Å². The van der Waals surface area contributed by atoms with Gasteiger partial charge in [-0.1, -0.05) is 6.07 Å². The van der Waals surface area contributed by atoms with Gasteiger partial charge in [-0.2, -0.15) is 5.10 Å². The van der Waals surface area contributed by atoms with Gasteiger partial charge in [0.15, 0.2) is 0 Å². The molecule has 1 saturated heterocycles. The van der Waals surface area contributed by atoms with Gasteiger partial charge in [-0.05, 0) is 11.6 Å². The zero-order valence-corrected chi connectivity index (χ0v) is 14.4. The first-order chi connectivity index (χ1) is 12.2. The Hall–Kier alpha value is -2.45. The van der Waals surface area contributed by atoms with Gasteiger partial charge in [0.25, 0.3) is 0 Å². The number of hydrogen-bond acceptors (Lipinski definition) is 6. The van der Waals surface area contributed by atoms with E-state index in [-0.39, 0.29) is 0 Å². The number of alkyl carbamates (subject to hydrolysis) is 1. The molecule has 25 heavy (non-hydrogen) atoms. The molecular formula is C17H23N5O3. The van der Waals surface area contributed by atoms with E-state index in [0.29, 0.717) is 13.2 Å². The van der Waals surface area contributed by atoms with E-state index < -0.39 is 6.09 Å². The highest BCUT2D eigenvalue weighted by atomic mass is 16.5. The highest BCUT2D eigenvalue weighted by molar-refractivity contribution is 5.68. The highest BCUT2D eigenvalue weighted by Crippen LogP contribution is 2.20. The van der Waals surface area contributed by atoms with Gasteiger partial charge in [0.1, 0.15) is 6.61 Å². The van der Waals surface area contributed by atoms with E-state index in [1.807, 2.05) is 25.4 Å². The molecule has 3 heterocycles. The van der Waals surface area contributed by atoms with Crippen molar-refractivity contribution < 1.29 is 14.3 Å². The molecule has 134 valence electrons. The van der Waals surface area contributed by atoms with Crippen LogP contribution < -0.4 is 5.32 Å². The first-order valence-corrected chi connectivity index (χ1v) is 8.36. The first kappa shape index (κ1) is 17.4. The molecule has 8 heteroatoms. The second-order valence-electron chi connectivity index (χ2n) is 5.86. The third kappa shape index (κ3) is 5.01. The van der Waals surface area contributed by atoms with Crippen molar-refractivity contribution in [1.82, 2.24) is 25.0 Å². The average molecular weight is 345 g/mol. The third-order valence-corrected chi connectivity index (χ3v) is 4.04. The fraction of sp³-hybridized carbons (Fsp3) is 0.471. The lowest BCUT2D eigenvalue weighted by Crippen LogP contribution is -2.39. The minimum absolute atomic E-state index is 0.356. The number of rotatable bonds is 6. The zero-order chi connectivity index (χ0) is 17.5. The van der Waals surface area contributed by atoms with Gasteiger partial charge in [0.2, 0.25) is 0 Å². The van der Waals surface area contributed by atoms with E-state index in [1.165, 1.54) is 0 Å². The summed E-state index contributed by atoms with van der Waals surface area (Å²) in [5.74, 6) is 0. The van der Waals surface area contributed by atoms with Crippen molar-refractivity contribution in [3.8, 4) is 11.3 Å². The largest absolute Gasteiger partial charge is 0.448 e. The minimum Gasteiger partial charge on any atom is -0.448 e. The van der Waals surface area contributed by atoms with Gasteiger partial charge in [-0.15, -0.1) is 0 Å². The SMILES string of the molecule is Cn1cc(-c2ncccc2CNC(=O)OCCN2CCOCC2)cn1. The standard InChI is InChI=1S/C17H23N5O3/c1-21-13-15(12-20-21)16-14(3-2-4-18-16)11-19-17(23)25-10-7-22-5-8-24-9-6-22/h2-4,12-13H,5-11H2,1H3,(H,19,23). The topological polar surface area (TPSA) is 81.5 Å². The summed E-state index contributed by atoms with van der Waals surface area (Å²) in [6.45, 7) is 4.70. The fourth-order valence-corrected chi connectivity index (χ4v) is 2.70. The molecule has 8 nitrogen and oxygen atoms in total. The van der Waals surface area contributed by atoms with Crippen molar-refractivity contribution in [3.05, 3.63) is 36.3 Å². The summed E-state index contributed by atoms with van der Waals surface area (Å²) in [7, 11) is 1.86. The fourth-order valence-electron chi connectivity index (χ4n) is 2.70. The van der Waals surface area contributed by atoms with Gasteiger partial charge in [-0.25, -0.2) is 4.79 Å². The third-order valence-electron chi connectivity index (χ3n) is 4.04. The maximum atomic E-state index is 11.9. The monoisotopic (exact) mass is 345 g/mol. The van der Waals surface area contributed by atoms with E-state index in [1.54, 1.807) is 17.1 Å². The summed E-state index contributed by atoms with van der Waals surface area (Å²) in [6.07, 6.45) is 4.96. The normalized spacial score (nSPS) is 15.1. The van der Waals surface area contributed by atoms with Gasteiger partial charge in [0.05, 0.1) is 25.1 Å². The Bertz CT molecular complexity index is 697. The molecule has 2 aromatic rings. The van der Waals surface area contributed by atoms with Crippen molar-refractivity contribution in [2.24, 2.45) is 7.05 Å². The van der Waals surface area contributed by atoms with Crippen LogP contribution in [-0.4, -0.2) is 65.2 Å². The molecule has 0 aliphatic carbocycles. The molecule has 0 unspecified atom stereocenters. The smallest absolute Gasteiger partial charge is 0.407 e. The molecule has 0 saturated carbocycles. The van der Waals surface area contributed by atoms with Crippen LogP contribution in [0.1, 0.15) is 5.56 Å². The number of nitrogens with one attached hydrogen (secondary N) is 1. The van der Waals surface area contributed by atoms with Crippen molar-refractivity contribution in [2.45, 2.75) is 6.54 Å². The predicted molar refractivity (Wildman–Crippen MR) is 91.9 cm³/mol. The van der Waals surface area contributed by atoms with Crippen molar-refractivity contribution in [3.63, 3.8) is 0 Å². The van der Waals surface area contributed by atoms with Gasteiger partial charge in [-0.3, -0.25) is 14.6 Å². The second-order valence-corrected chi connectivity index (χ2v) is 5.86. The summed E-state index contributed by atoms with van der Waals surface area (Å²) in [6, 6.07) is 3.78. The van der Waals surface area contributed by atoms with E-state index in [0.717, 1.165) is 49.7 Å². The van der Waals surface area contributed by atoms with Crippen LogP contribution >= 0.6 is 0 Å². The number of hydrogen-bond donors (Lipinski definition) is 1. The number of amides is 1. The molecular weight excluding hydrogens is 322 g/mol. The summed E-state index contributed by atoms with van der Waals surface area (Å²) < 4.78 is 12.3. The maximum absolute atomic E-state index is 11.9. The van der Waals surface area contributed by atoms with Crippen molar-refractivity contribution in [2.75, 3.05) is 39.5 Å². The number of nitrogens with zero attached hydrogens (tertiary/aromatic N) is 4. The lowest BCUT2D eigenvalue weighted by Gasteiger charge is -2.26. The quantitative estimate of drug-likeness (QED) is 0.842. The number of carbonyl (C=O) groups excluding carboxylic acids is 1. The lowest BCUT2D eigenvalue weighted by molar-refractivity contribution is 0.0281. The summed E-state index contributed by atoms with van der Waals surface area (Å²) in [5, 5.41) is 6.95. The molecule has 1 N–H and O–H groups in total. The molecule has 1 aliphatic rings. The lowest BCUT2D eigenvalue weighted by atomic mass is 10.1. The Kier molecular flexibility index (Phi) is 5.97. The Morgan fingerprint density at radius 3 is 3.00 bits per heavy atom. The van der Waals surface area contributed by atoms with E-state index in [9.17, 15) is 4.79 Å². The zero-order valence-electron chi connectivity index (χ0n) is 14.4. The molecule has 3 rings (SSSR count). The van der Waals surface area contributed by atoms with Gasteiger partial charge >= 0.3 is 6.09 Å². The number of carbonyl (C=O) groups is 1. The van der Waals surface area contributed by atoms with Crippen LogP contribution in [0, 0.1) is 0 Å². The molecule has 2 aromatic heterocycles. The van der Waals surface area contributed by atoms with Crippen LogP contribution in [0.5, 0.6) is 0 Å².